The van der Waals surface area contributed by atoms with E-state index in [0.29, 0.717) is 0 Å². The highest BCUT2D eigenvalue weighted by molar-refractivity contribution is 6.21. The Balaban J connectivity index is 1.98. The van der Waals surface area contributed by atoms with Gasteiger partial charge in [-0.25, -0.2) is 0 Å². The van der Waals surface area contributed by atoms with Crippen molar-refractivity contribution in [2.45, 2.75) is 19.2 Å². The standard InChI is InChI=1S/C16H25ClN2O/c1-4-18-7-9-19(10-8-18)12-15(17)14-11-13(2)5-6-16(14)20-3/h5-6,11,15H,4,7-10,12H2,1-3H3. The number of halogens is 1. The molecule has 1 fully saturated rings. The molecule has 1 aliphatic rings. The molecule has 0 spiro atoms. The van der Waals surface area contributed by atoms with Gasteiger partial charge < -0.3 is 9.64 Å². The highest BCUT2D eigenvalue weighted by Gasteiger charge is 2.21. The van der Waals surface area contributed by atoms with Gasteiger partial charge in [0.25, 0.3) is 0 Å². The second-order valence-electron chi connectivity index (χ2n) is 5.45. The van der Waals surface area contributed by atoms with Gasteiger partial charge in [-0.2, -0.15) is 0 Å². The molecule has 112 valence electrons. The van der Waals surface area contributed by atoms with Crippen LogP contribution in [0, 0.1) is 6.92 Å². The van der Waals surface area contributed by atoms with Crippen LogP contribution >= 0.6 is 11.6 Å². The molecule has 4 heteroatoms. The third-order valence-corrected chi connectivity index (χ3v) is 4.43. The van der Waals surface area contributed by atoms with E-state index in [4.69, 9.17) is 16.3 Å². The summed E-state index contributed by atoms with van der Waals surface area (Å²) in [6.45, 7) is 10.8. The zero-order valence-electron chi connectivity index (χ0n) is 12.7. The van der Waals surface area contributed by atoms with Gasteiger partial charge in [0.05, 0.1) is 12.5 Å². The van der Waals surface area contributed by atoms with E-state index < -0.39 is 0 Å². The lowest BCUT2D eigenvalue weighted by molar-refractivity contribution is 0.137. The van der Waals surface area contributed by atoms with Crippen molar-refractivity contribution >= 4 is 11.6 Å². The van der Waals surface area contributed by atoms with Crippen molar-refractivity contribution in [3.63, 3.8) is 0 Å². The molecule has 0 aliphatic carbocycles. The van der Waals surface area contributed by atoms with Gasteiger partial charge in [0.2, 0.25) is 0 Å². The summed E-state index contributed by atoms with van der Waals surface area (Å²) in [5, 5.41) is -0.0157. The number of hydrogen-bond acceptors (Lipinski definition) is 3. The first kappa shape index (κ1) is 15.6. The predicted octanol–water partition coefficient (Wildman–Crippen LogP) is 2.92. The van der Waals surface area contributed by atoms with Gasteiger partial charge in [0.1, 0.15) is 5.75 Å². The first-order chi connectivity index (χ1) is 9.63. The van der Waals surface area contributed by atoms with Crippen LogP contribution in [0.2, 0.25) is 0 Å². The summed E-state index contributed by atoms with van der Waals surface area (Å²) in [7, 11) is 1.71. The molecule has 1 atom stereocenters. The Morgan fingerprint density at radius 2 is 1.85 bits per heavy atom. The smallest absolute Gasteiger partial charge is 0.123 e. The Hall–Kier alpha value is -0.770. The number of likely N-dealkylation sites (N-methyl/N-ethyl adjacent to an activating group) is 1. The topological polar surface area (TPSA) is 15.7 Å². The van der Waals surface area contributed by atoms with Crippen LogP contribution in [-0.2, 0) is 0 Å². The van der Waals surface area contributed by atoms with Crippen LogP contribution < -0.4 is 4.74 Å². The van der Waals surface area contributed by atoms with Crippen LogP contribution in [0.4, 0.5) is 0 Å². The first-order valence-electron chi connectivity index (χ1n) is 7.37. The minimum absolute atomic E-state index is 0.0157. The van der Waals surface area contributed by atoms with Gasteiger partial charge in [-0.3, -0.25) is 4.90 Å². The Morgan fingerprint density at radius 3 is 2.45 bits per heavy atom. The number of aryl methyl sites for hydroxylation is 1. The maximum atomic E-state index is 6.63. The highest BCUT2D eigenvalue weighted by atomic mass is 35.5. The summed E-state index contributed by atoms with van der Waals surface area (Å²) >= 11 is 6.63. The van der Waals surface area contributed by atoms with E-state index in [1.165, 1.54) is 5.56 Å². The van der Waals surface area contributed by atoms with Crippen molar-refractivity contribution in [3.8, 4) is 5.75 Å². The number of methoxy groups -OCH3 is 1. The van der Waals surface area contributed by atoms with E-state index in [9.17, 15) is 0 Å². The molecule has 20 heavy (non-hydrogen) atoms. The number of benzene rings is 1. The van der Waals surface area contributed by atoms with Gasteiger partial charge >= 0.3 is 0 Å². The minimum atomic E-state index is -0.0157. The lowest BCUT2D eigenvalue weighted by Crippen LogP contribution is -2.46. The third kappa shape index (κ3) is 3.87. The molecule has 0 radical (unpaired) electrons. The maximum absolute atomic E-state index is 6.63. The molecule has 2 rings (SSSR count). The van der Waals surface area contributed by atoms with E-state index in [-0.39, 0.29) is 5.38 Å². The summed E-state index contributed by atoms with van der Waals surface area (Å²) in [6.07, 6.45) is 0. The minimum Gasteiger partial charge on any atom is -0.496 e. The number of hydrogen-bond donors (Lipinski definition) is 0. The predicted molar refractivity (Wildman–Crippen MR) is 84.9 cm³/mol. The quantitative estimate of drug-likeness (QED) is 0.777. The molecule has 0 N–H and O–H groups in total. The number of rotatable bonds is 5. The van der Waals surface area contributed by atoms with E-state index in [2.05, 4.69) is 35.8 Å². The third-order valence-electron chi connectivity index (χ3n) is 4.05. The zero-order valence-corrected chi connectivity index (χ0v) is 13.5. The lowest BCUT2D eigenvalue weighted by Gasteiger charge is -2.35. The normalized spacial score (nSPS) is 19.0. The van der Waals surface area contributed by atoms with Crippen LogP contribution in [0.25, 0.3) is 0 Å². The van der Waals surface area contributed by atoms with Crippen LogP contribution in [0.5, 0.6) is 5.75 Å². The average molecular weight is 297 g/mol. The summed E-state index contributed by atoms with van der Waals surface area (Å²) in [4.78, 5) is 4.93. The van der Waals surface area contributed by atoms with Crippen molar-refractivity contribution in [2.75, 3.05) is 46.4 Å². The maximum Gasteiger partial charge on any atom is 0.123 e. The molecule has 0 amide bonds. The Bertz CT molecular complexity index is 430. The second-order valence-corrected chi connectivity index (χ2v) is 5.97. The molecule has 1 aromatic rings. The molecule has 0 bridgehead atoms. The number of alkyl halides is 1. The van der Waals surface area contributed by atoms with Crippen LogP contribution in [-0.4, -0.2) is 56.2 Å². The van der Waals surface area contributed by atoms with Crippen LogP contribution in [0.15, 0.2) is 18.2 Å². The van der Waals surface area contributed by atoms with Gasteiger partial charge in [0, 0.05) is 38.3 Å². The monoisotopic (exact) mass is 296 g/mol. The molecule has 1 aromatic carbocycles. The molecule has 1 saturated heterocycles. The summed E-state index contributed by atoms with van der Waals surface area (Å²) in [5.74, 6) is 0.891. The number of piperazine rings is 1. The van der Waals surface area contributed by atoms with Crippen molar-refractivity contribution < 1.29 is 4.74 Å². The second kappa shape index (κ2) is 7.30. The fourth-order valence-corrected chi connectivity index (χ4v) is 3.08. The number of ether oxygens (including phenoxy) is 1. The first-order valence-corrected chi connectivity index (χ1v) is 7.81. The Labute approximate surface area is 127 Å². The SMILES string of the molecule is CCN1CCN(CC(Cl)c2cc(C)ccc2OC)CC1. The van der Waals surface area contributed by atoms with Crippen molar-refractivity contribution in [1.29, 1.82) is 0 Å². The van der Waals surface area contributed by atoms with E-state index in [1.54, 1.807) is 7.11 Å². The highest BCUT2D eigenvalue weighted by Crippen LogP contribution is 2.31. The van der Waals surface area contributed by atoms with E-state index >= 15 is 0 Å². The molecule has 0 aromatic heterocycles. The summed E-state index contributed by atoms with van der Waals surface area (Å²) in [5.41, 5.74) is 2.33. The van der Waals surface area contributed by atoms with Gasteiger partial charge in [0.15, 0.2) is 0 Å². The fourth-order valence-electron chi connectivity index (χ4n) is 2.71. The van der Waals surface area contributed by atoms with Crippen LogP contribution in [0.1, 0.15) is 23.4 Å². The lowest BCUT2D eigenvalue weighted by atomic mass is 10.1. The molecular formula is C16H25ClN2O. The average Bonchev–Trinajstić information content (AvgIpc) is 2.48. The van der Waals surface area contributed by atoms with Gasteiger partial charge in [-0.05, 0) is 19.5 Å². The molecular weight excluding hydrogens is 272 g/mol. The molecule has 3 nitrogen and oxygen atoms in total. The van der Waals surface area contributed by atoms with Gasteiger partial charge in [-0.15, -0.1) is 11.6 Å². The van der Waals surface area contributed by atoms with E-state index in [0.717, 1.165) is 50.6 Å². The van der Waals surface area contributed by atoms with Crippen molar-refractivity contribution in [3.05, 3.63) is 29.3 Å². The molecule has 1 aliphatic heterocycles. The fraction of sp³-hybridized carbons (Fsp3) is 0.625. The number of nitrogens with zero attached hydrogens (tertiary/aromatic N) is 2. The Kier molecular flexibility index (Phi) is 5.70. The molecule has 0 saturated carbocycles. The summed E-state index contributed by atoms with van der Waals surface area (Å²) in [6, 6.07) is 6.21. The van der Waals surface area contributed by atoms with E-state index in [1.807, 2.05) is 6.07 Å². The molecule has 1 heterocycles. The molecule has 1 unspecified atom stereocenters. The van der Waals surface area contributed by atoms with Crippen molar-refractivity contribution in [2.24, 2.45) is 0 Å². The Morgan fingerprint density at radius 1 is 1.20 bits per heavy atom. The van der Waals surface area contributed by atoms with Gasteiger partial charge in [-0.1, -0.05) is 24.6 Å². The largest absolute Gasteiger partial charge is 0.496 e. The van der Waals surface area contributed by atoms with Crippen LogP contribution in [0.3, 0.4) is 0 Å². The van der Waals surface area contributed by atoms with Crippen molar-refractivity contribution in [1.82, 2.24) is 9.80 Å². The zero-order chi connectivity index (χ0) is 14.5. The summed E-state index contributed by atoms with van der Waals surface area (Å²) < 4.78 is 5.43.